The van der Waals surface area contributed by atoms with E-state index in [1.807, 2.05) is 13.0 Å². The van der Waals surface area contributed by atoms with Crippen LogP contribution in [0.15, 0.2) is 36.4 Å². The Morgan fingerprint density at radius 2 is 1.94 bits per heavy atom. The summed E-state index contributed by atoms with van der Waals surface area (Å²) < 4.78 is 16.4. The highest BCUT2D eigenvalue weighted by Gasteiger charge is 2.28. The average molecular weight is 502 g/mol. The number of nitrogens with one attached hydrogen (secondary N) is 1. The minimum Gasteiger partial charge on any atom is -0.484 e. The van der Waals surface area contributed by atoms with Crippen molar-refractivity contribution in [3.8, 4) is 11.5 Å². The van der Waals surface area contributed by atoms with Gasteiger partial charge in [0.1, 0.15) is 18.0 Å². The molecule has 0 spiro atoms. The number of rotatable bonds is 9. The number of aryl methyl sites for hydroxylation is 1. The van der Waals surface area contributed by atoms with E-state index in [-0.39, 0.29) is 37.4 Å². The molecule has 4 rings (SSSR count). The van der Waals surface area contributed by atoms with Crippen LogP contribution in [-0.2, 0) is 14.3 Å². The Kier molecular flexibility index (Phi) is 8.22. The molecule has 186 valence electrons. The number of Topliss-reactive ketones (excluding diaryl/α,β-unsaturated/α-hetero) is 1. The summed E-state index contributed by atoms with van der Waals surface area (Å²) in [6.45, 7) is 5.60. The lowest BCUT2D eigenvalue weighted by atomic mass is 10.1. The van der Waals surface area contributed by atoms with Crippen LogP contribution in [0.4, 0.5) is 5.69 Å². The number of anilines is 1. The van der Waals surface area contributed by atoms with Gasteiger partial charge in [-0.25, -0.2) is 0 Å². The number of hydrogen-bond donors (Lipinski definition) is 1. The van der Waals surface area contributed by atoms with Gasteiger partial charge in [-0.3, -0.25) is 24.2 Å². The fraction of sp³-hybridized carbons (Fsp3) is 0.400. The molecule has 2 aromatic carbocycles. The highest BCUT2D eigenvalue weighted by molar-refractivity contribution is 6.32. The molecule has 2 aliphatic heterocycles. The van der Waals surface area contributed by atoms with E-state index in [9.17, 15) is 14.4 Å². The number of ketones is 1. The van der Waals surface area contributed by atoms with Gasteiger partial charge in [0.2, 0.25) is 5.91 Å². The molecule has 1 saturated heterocycles. The molecule has 10 heteroatoms. The first-order chi connectivity index (χ1) is 16.9. The third kappa shape index (κ3) is 6.50. The van der Waals surface area contributed by atoms with E-state index < -0.39 is 0 Å². The highest BCUT2D eigenvalue weighted by Crippen LogP contribution is 2.33. The van der Waals surface area contributed by atoms with Gasteiger partial charge < -0.3 is 19.5 Å². The van der Waals surface area contributed by atoms with Crippen LogP contribution in [0.2, 0.25) is 5.02 Å². The molecule has 0 saturated carbocycles. The van der Waals surface area contributed by atoms with Gasteiger partial charge in [0, 0.05) is 31.7 Å². The summed E-state index contributed by atoms with van der Waals surface area (Å²) >= 11 is 6.17. The predicted molar refractivity (Wildman–Crippen MR) is 131 cm³/mol. The summed E-state index contributed by atoms with van der Waals surface area (Å²) in [5, 5.41) is 3.28. The first kappa shape index (κ1) is 25.0. The van der Waals surface area contributed by atoms with Gasteiger partial charge in [0.25, 0.3) is 5.91 Å². The number of nitrogens with zero attached hydrogens (tertiary/aromatic N) is 2. The summed E-state index contributed by atoms with van der Waals surface area (Å²) in [4.78, 5) is 41.4. The SMILES string of the molecule is Cc1ccc(OCC(=O)c2ccc3c(c2)N(CC(=O)NCCN2CCOCC2)C(=O)CO3)c(Cl)c1. The number of halogens is 1. The van der Waals surface area contributed by atoms with Crippen LogP contribution in [0.5, 0.6) is 11.5 Å². The minimum absolute atomic E-state index is 0.161. The third-order valence-corrected chi connectivity index (χ3v) is 6.12. The average Bonchev–Trinajstić information content (AvgIpc) is 2.85. The van der Waals surface area contributed by atoms with E-state index in [4.69, 9.17) is 25.8 Å². The van der Waals surface area contributed by atoms with E-state index in [1.54, 1.807) is 30.3 Å². The maximum atomic E-state index is 12.8. The number of benzene rings is 2. The second kappa shape index (κ2) is 11.5. The van der Waals surface area contributed by atoms with Crippen molar-refractivity contribution in [2.75, 3.05) is 64.1 Å². The maximum absolute atomic E-state index is 12.8. The topological polar surface area (TPSA) is 97.4 Å². The molecule has 2 heterocycles. The van der Waals surface area contributed by atoms with Gasteiger partial charge in [0.05, 0.1) is 23.9 Å². The Hall–Kier alpha value is -3.14. The van der Waals surface area contributed by atoms with Crippen LogP contribution in [0.25, 0.3) is 0 Å². The van der Waals surface area contributed by atoms with Crippen molar-refractivity contribution < 1.29 is 28.6 Å². The van der Waals surface area contributed by atoms with Crippen molar-refractivity contribution in [2.45, 2.75) is 6.92 Å². The third-order valence-electron chi connectivity index (χ3n) is 5.83. The first-order valence-corrected chi connectivity index (χ1v) is 11.8. The van der Waals surface area contributed by atoms with Gasteiger partial charge in [-0.2, -0.15) is 0 Å². The van der Waals surface area contributed by atoms with E-state index in [0.717, 1.165) is 18.7 Å². The molecule has 0 aliphatic carbocycles. The number of carbonyl (C=O) groups excluding carboxylic acids is 3. The van der Waals surface area contributed by atoms with E-state index in [0.29, 0.717) is 54.1 Å². The molecule has 35 heavy (non-hydrogen) atoms. The Morgan fingerprint density at radius 3 is 2.71 bits per heavy atom. The van der Waals surface area contributed by atoms with Crippen molar-refractivity contribution >= 4 is 34.9 Å². The molecule has 0 bridgehead atoms. The van der Waals surface area contributed by atoms with Crippen molar-refractivity contribution in [2.24, 2.45) is 0 Å². The monoisotopic (exact) mass is 501 g/mol. The molecule has 0 radical (unpaired) electrons. The summed E-state index contributed by atoms with van der Waals surface area (Å²) in [5.41, 5.74) is 1.70. The van der Waals surface area contributed by atoms with Crippen LogP contribution < -0.4 is 19.7 Å². The largest absolute Gasteiger partial charge is 0.484 e. The molecule has 0 aromatic heterocycles. The molecular weight excluding hydrogens is 474 g/mol. The molecular formula is C25H28ClN3O6. The zero-order valence-electron chi connectivity index (χ0n) is 19.5. The van der Waals surface area contributed by atoms with Crippen molar-refractivity contribution in [3.05, 3.63) is 52.5 Å². The second-order valence-electron chi connectivity index (χ2n) is 8.40. The Morgan fingerprint density at radius 1 is 1.14 bits per heavy atom. The van der Waals surface area contributed by atoms with Gasteiger partial charge >= 0.3 is 0 Å². The molecule has 0 unspecified atom stereocenters. The first-order valence-electron chi connectivity index (χ1n) is 11.5. The number of fused-ring (bicyclic) bond motifs is 1. The number of ether oxygens (including phenoxy) is 3. The van der Waals surface area contributed by atoms with Crippen molar-refractivity contribution in [1.82, 2.24) is 10.2 Å². The molecule has 1 N–H and O–H groups in total. The summed E-state index contributed by atoms with van der Waals surface area (Å²) in [7, 11) is 0. The number of amides is 2. The molecule has 2 aromatic rings. The standard InChI is InChI=1S/C25H28ClN3O6/c1-17-2-4-22(19(26)12-17)34-15-21(30)18-3-5-23-20(13-18)29(25(32)16-35-23)14-24(31)27-6-7-28-8-10-33-11-9-28/h2-5,12-13H,6-11,14-16H2,1H3,(H,27,31). The summed E-state index contributed by atoms with van der Waals surface area (Å²) in [6.07, 6.45) is 0. The molecule has 2 amide bonds. The normalized spacial score (nSPS) is 15.8. The zero-order chi connectivity index (χ0) is 24.8. The fourth-order valence-corrected chi connectivity index (χ4v) is 4.17. The van der Waals surface area contributed by atoms with Gasteiger partial charge in [-0.05, 0) is 42.8 Å². The Labute approximate surface area is 208 Å². The second-order valence-corrected chi connectivity index (χ2v) is 8.81. The molecule has 1 fully saturated rings. The Bertz CT molecular complexity index is 1100. The van der Waals surface area contributed by atoms with Crippen molar-refractivity contribution in [3.63, 3.8) is 0 Å². The van der Waals surface area contributed by atoms with Crippen LogP contribution in [0, 0.1) is 6.92 Å². The number of carbonyl (C=O) groups is 3. The van der Waals surface area contributed by atoms with E-state index in [1.165, 1.54) is 4.90 Å². The molecule has 9 nitrogen and oxygen atoms in total. The smallest absolute Gasteiger partial charge is 0.265 e. The highest BCUT2D eigenvalue weighted by atomic mass is 35.5. The fourth-order valence-electron chi connectivity index (χ4n) is 3.88. The van der Waals surface area contributed by atoms with Crippen LogP contribution in [-0.4, -0.2) is 81.6 Å². The minimum atomic E-state index is -0.354. The van der Waals surface area contributed by atoms with Gasteiger partial charge in [-0.15, -0.1) is 0 Å². The van der Waals surface area contributed by atoms with Gasteiger partial charge in [-0.1, -0.05) is 17.7 Å². The van der Waals surface area contributed by atoms with Crippen LogP contribution >= 0.6 is 11.6 Å². The summed E-state index contributed by atoms with van der Waals surface area (Å²) in [5.74, 6) is -0.0822. The van der Waals surface area contributed by atoms with Crippen LogP contribution in [0.3, 0.4) is 0 Å². The lowest BCUT2D eigenvalue weighted by Crippen LogP contribution is -2.47. The Balaban J connectivity index is 1.38. The lowest BCUT2D eigenvalue weighted by Gasteiger charge is -2.29. The van der Waals surface area contributed by atoms with Crippen molar-refractivity contribution in [1.29, 1.82) is 0 Å². The quantitative estimate of drug-likeness (QED) is 0.525. The van der Waals surface area contributed by atoms with E-state index in [2.05, 4.69) is 10.2 Å². The molecule has 2 aliphatic rings. The predicted octanol–water partition coefficient (Wildman–Crippen LogP) is 2.08. The van der Waals surface area contributed by atoms with E-state index >= 15 is 0 Å². The number of hydrogen-bond acceptors (Lipinski definition) is 7. The zero-order valence-corrected chi connectivity index (χ0v) is 20.3. The van der Waals surface area contributed by atoms with Gasteiger partial charge in [0.15, 0.2) is 19.0 Å². The number of morpholine rings is 1. The summed E-state index contributed by atoms with van der Waals surface area (Å²) in [6, 6.07) is 10.1. The lowest BCUT2D eigenvalue weighted by molar-refractivity contribution is -0.125. The van der Waals surface area contributed by atoms with Crippen LogP contribution in [0.1, 0.15) is 15.9 Å². The maximum Gasteiger partial charge on any atom is 0.265 e. The molecule has 0 atom stereocenters.